The standard InChI is InChI=1S/C15H9ClN2O/c16-13-7-15(11-3-1-10(9-19)2-4-11)18-14-5-6-17-8-12(13)14/h1-9H. The Hall–Kier alpha value is -2.26. The first-order valence-corrected chi connectivity index (χ1v) is 6.11. The fourth-order valence-corrected chi connectivity index (χ4v) is 2.16. The molecule has 3 rings (SSSR count). The van der Waals surface area contributed by atoms with Crippen LogP contribution in [0.15, 0.2) is 48.8 Å². The number of aromatic nitrogens is 2. The molecule has 92 valence electrons. The molecule has 0 amide bonds. The number of hydrogen-bond donors (Lipinski definition) is 0. The van der Waals surface area contributed by atoms with E-state index in [0.29, 0.717) is 10.6 Å². The molecule has 1 aromatic carbocycles. The van der Waals surface area contributed by atoms with Crippen LogP contribution in [0.3, 0.4) is 0 Å². The van der Waals surface area contributed by atoms with Crippen molar-refractivity contribution in [1.29, 1.82) is 0 Å². The molecule has 0 aliphatic carbocycles. The van der Waals surface area contributed by atoms with Gasteiger partial charge in [0.25, 0.3) is 0 Å². The highest BCUT2D eigenvalue weighted by atomic mass is 35.5. The van der Waals surface area contributed by atoms with Gasteiger partial charge in [-0.05, 0) is 12.1 Å². The van der Waals surface area contributed by atoms with Crippen molar-refractivity contribution < 1.29 is 4.79 Å². The third kappa shape index (κ3) is 2.20. The molecule has 0 spiro atoms. The third-order valence-corrected chi connectivity index (χ3v) is 3.21. The summed E-state index contributed by atoms with van der Waals surface area (Å²) >= 11 is 6.23. The average molecular weight is 269 g/mol. The van der Waals surface area contributed by atoms with E-state index in [0.717, 1.165) is 28.4 Å². The van der Waals surface area contributed by atoms with Gasteiger partial charge in [-0.15, -0.1) is 0 Å². The van der Waals surface area contributed by atoms with Crippen LogP contribution in [-0.2, 0) is 0 Å². The number of aldehydes is 1. The molecule has 0 saturated carbocycles. The van der Waals surface area contributed by atoms with E-state index in [2.05, 4.69) is 9.97 Å². The average Bonchev–Trinajstić information content (AvgIpc) is 2.47. The number of nitrogens with zero attached hydrogens (tertiary/aromatic N) is 2. The largest absolute Gasteiger partial charge is 0.298 e. The molecule has 2 heterocycles. The minimum atomic E-state index is 0.618. The molecule has 0 unspecified atom stereocenters. The summed E-state index contributed by atoms with van der Waals surface area (Å²) in [5.41, 5.74) is 3.14. The quantitative estimate of drug-likeness (QED) is 0.665. The predicted molar refractivity (Wildman–Crippen MR) is 75.4 cm³/mol. The number of rotatable bonds is 2. The van der Waals surface area contributed by atoms with E-state index in [1.54, 1.807) is 24.5 Å². The van der Waals surface area contributed by atoms with Crippen LogP contribution < -0.4 is 0 Å². The summed E-state index contributed by atoms with van der Waals surface area (Å²) in [6.07, 6.45) is 4.20. The molecule has 3 aromatic rings. The second-order valence-corrected chi connectivity index (χ2v) is 4.53. The van der Waals surface area contributed by atoms with Gasteiger partial charge in [-0.1, -0.05) is 35.9 Å². The summed E-state index contributed by atoms with van der Waals surface area (Å²) < 4.78 is 0. The Kier molecular flexibility index (Phi) is 2.97. The smallest absolute Gasteiger partial charge is 0.150 e. The van der Waals surface area contributed by atoms with Crippen molar-refractivity contribution in [3.8, 4) is 11.3 Å². The van der Waals surface area contributed by atoms with Crippen molar-refractivity contribution in [3.63, 3.8) is 0 Å². The first-order chi connectivity index (χ1) is 9.28. The minimum Gasteiger partial charge on any atom is -0.298 e. The first kappa shape index (κ1) is 11.8. The lowest BCUT2D eigenvalue weighted by molar-refractivity contribution is 0.112. The van der Waals surface area contributed by atoms with Crippen LogP contribution in [0.4, 0.5) is 0 Å². The van der Waals surface area contributed by atoms with Crippen LogP contribution in [0.5, 0.6) is 0 Å². The van der Waals surface area contributed by atoms with E-state index in [1.807, 2.05) is 24.3 Å². The second-order valence-electron chi connectivity index (χ2n) is 4.12. The number of fused-ring (bicyclic) bond motifs is 1. The van der Waals surface area contributed by atoms with Gasteiger partial charge < -0.3 is 0 Å². The number of halogens is 1. The van der Waals surface area contributed by atoms with Crippen LogP contribution in [0.25, 0.3) is 22.2 Å². The number of carbonyl (C=O) groups excluding carboxylic acids is 1. The summed E-state index contributed by atoms with van der Waals surface area (Å²) in [7, 11) is 0. The zero-order valence-corrected chi connectivity index (χ0v) is 10.6. The molecular formula is C15H9ClN2O. The van der Waals surface area contributed by atoms with E-state index >= 15 is 0 Å². The summed E-state index contributed by atoms with van der Waals surface area (Å²) in [4.78, 5) is 19.2. The van der Waals surface area contributed by atoms with Gasteiger partial charge in [0.15, 0.2) is 0 Å². The lowest BCUT2D eigenvalue weighted by Gasteiger charge is -2.05. The maximum absolute atomic E-state index is 10.6. The Morgan fingerprint density at radius 2 is 1.89 bits per heavy atom. The normalized spacial score (nSPS) is 10.6. The number of carbonyl (C=O) groups is 1. The van der Waals surface area contributed by atoms with Crippen molar-refractivity contribution >= 4 is 28.8 Å². The predicted octanol–water partition coefficient (Wildman–Crippen LogP) is 3.76. The van der Waals surface area contributed by atoms with Crippen molar-refractivity contribution in [2.45, 2.75) is 0 Å². The molecule has 0 N–H and O–H groups in total. The van der Waals surface area contributed by atoms with E-state index in [4.69, 9.17) is 11.6 Å². The van der Waals surface area contributed by atoms with Gasteiger partial charge in [0.1, 0.15) is 6.29 Å². The molecule has 0 aliphatic rings. The Morgan fingerprint density at radius 3 is 2.63 bits per heavy atom. The summed E-state index contributed by atoms with van der Waals surface area (Å²) in [6, 6.07) is 10.9. The monoisotopic (exact) mass is 268 g/mol. The maximum Gasteiger partial charge on any atom is 0.150 e. The van der Waals surface area contributed by atoms with Crippen LogP contribution in [0.1, 0.15) is 10.4 Å². The van der Waals surface area contributed by atoms with Gasteiger partial charge in [0.2, 0.25) is 0 Å². The van der Waals surface area contributed by atoms with Crippen LogP contribution in [-0.4, -0.2) is 16.3 Å². The molecule has 3 nitrogen and oxygen atoms in total. The van der Waals surface area contributed by atoms with Gasteiger partial charge in [-0.2, -0.15) is 0 Å². The summed E-state index contributed by atoms with van der Waals surface area (Å²) in [6.45, 7) is 0. The van der Waals surface area contributed by atoms with Crippen molar-refractivity contribution in [2.75, 3.05) is 0 Å². The lowest BCUT2D eigenvalue weighted by atomic mass is 10.1. The molecule has 0 bridgehead atoms. The molecule has 0 radical (unpaired) electrons. The highest BCUT2D eigenvalue weighted by molar-refractivity contribution is 6.35. The molecule has 0 atom stereocenters. The molecule has 4 heteroatoms. The number of pyridine rings is 2. The number of hydrogen-bond acceptors (Lipinski definition) is 3. The molecule has 0 aliphatic heterocycles. The van der Waals surface area contributed by atoms with E-state index in [1.165, 1.54) is 0 Å². The molecule has 0 fully saturated rings. The van der Waals surface area contributed by atoms with Gasteiger partial charge >= 0.3 is 0 Å². The molecular weight excluding hydrogens is 260 g/mol. The Balaban J connectivity index is 2.16. The fourth-order valence-electron chi connectivity index (χ4n) is 1.91. The van der Waals surface area contributed by atoms with Crippen molar-refractivity contribution in [3.05, 3.63) is 59.4 Å². The van der Waals surface area contributed by atoms with Gasteiger partial charge in [0.05, 0.1) is 16.2 Å². The Labute approximate surface area is 114 Å². The van der Waals surface area contributed by atoms with Crippen molar-refractivity contribution in [2.24, 2.45) is 0 Å². The van der Waals surface area contributed by atoms with Crippen molar-refractivity contribution in [1.82, 2.24) is 9.97 Å². The van der Waals surface area contributed by atoms with Gasteiger partial charge in [-0.3, -0.25) is 9.78 Å². The summed E-state index contributed by atoms with van der Waals surface area (Å²) in [5, 5.41) is 1.45. The SMILES string of the molecule is O=Cc1ccc(-c2cc(Cl)c3cnccc3n2)cc1. The molecule has 0 saturated heterocycles. The minimum absolute atomic E-state index is 0.618. The second kappa shape index (κ2) is 4.78. The Morgan fingerprint density at radius 1 is 1.11 bits per heavy atom. The molecule has 19 heavy (non-hydrogen) atoms. The van der Waals surface area contributed by atoms with Crippen LogP contribution >= 0.6 is 11.6 Å². The maximum atomic E-state index is 10.6. The zero-order valence-electron chi connectivity index (χ0n) is 9.88. The lowest BCUT2D eigenvalue weighted by Crippen LogP contribution is -1.88. The topological polar surface area (TPSA) is 42.9 Å². The highest BCUT2D eigenvalue weighted by Gasteiger charge is 2.06. The third-order valence-electron chi connectivity index (χ3n) is 2.90. The van der Waals surface area contributed by atoms with E-state index in [9.17, 15) is 4.79 Å². The summed E-state index contributed by atoms with van der Waals surface area (Å²) in [5.74, 6) is 0. The van der Waals surface area contributed by atoms with E-state index in [-0.39, 0.29) is 0 Å². The molecule has 2 aromatic heterocycles. The number of benzene rings is 1. The first-order valence-electron chi connectivity index (χ1n) is 5.74. The fraction of sp³-hybridized carbons (Fsp3) is 0. The van der Waals surface area contributed by atoms with E-state index < -0.39 is 0 Å². The van der Waals surface area contributed by atoms with Gasteiger partial charge in [0, 0.05) is 28.9 Å². The van der Waals surface area contributed by atoms with Gasteiger partial charge in [-0.25, -0.2) is 4.98 Å². The van der Waals surface area contributed by atoms with Crippen LogP contribution in [0, 0.1) is 0 Å². The highest BCUT2D eigenvalue weighted by Crippen LogP contribution is 2.27. The zero-order chi connectivity index (χ0) is 13.2. The Bertz CT molecular complexity index is 754. The van der Waals surface area contributed by atoms with Crippen LogP contribution in [0.2, 0.25) is 5.02 Å².